The van der Waals surface area contributed by atoms with Crippen molar-refractivity contribution < 1.29 is 43.2 Å². The van der Waals surface area contributed by atoms with Gasteiger partial charge in [0.25, 0.3) is 0 Å². The Morgan fingerprint density at radius 1 is 0.622 bits per heavy atom. The van der Waals surface area contributed by atoms with Crippen LogP contribution in [0.25, 0.3) is 5.57 Å². The van der Waals surface area contributed by atoms with Gasteiger partial charge in [-0.05, 0) is 149 Å². The maximum Gasteiger partial charge on any atom is 0.246 e. The number of carbonyl (C=O) groups is 9. The van der Waals surface area contributed by atoms with Crippen molar-refractivity contribution in [2.75, 3.05) is 27.2 Å². The van der Waals surface area contributed by atoms with E-state index >= 15 is 0 Å². The van der Waals surface area contributed by atoms with Crippen molar-refractivity contribution in [1.29, 1.82) is 0 Å². The van der Waals surface area contributed by atoms with Crippen molar-refractivity contribution in [2.45, 2.75) is 227 Å². The third-order valence-electron chi connectivity index (χ3n) is 15.1. The van der Waals surface area contributed by atoms with Crippen LogP contribution in [0.1, 0.15) is 185 Å². The lowest BCUT2D eigenvalue weighted by Gasteiger charge is -2.42. The van der Waals surface area contributed by atoms with Gasteiger partial charge in [0.15, 0.2) is 0 Å². The number of unbranched alkanes of at least 4 members (excludes halogenated alkanes) is 4. The van der Waals surface area contributed by atoms with Crippen LogP contribution in [0, 0.1) is 29.6 Å². The number of nitrogens with zero attached hydrogens (tertiary/aromatic N) is 2. The Labute approximate surface area is 490 Å². The second-order valence-corrected chi connectivity index (χ2v) is 26.1. The summed E-state index contributed by atoms with van der Waals surface area (Å²) in [5.74, 6) is -5.08. The zero-order valence-corrected chi connectivity index (χ0v) is 52.4. The average molecular weight is 1150 g/mol. The number of amides is 9. The zero-order chi connectivity index (χ0) is 61.7. The number of hydrogen-bond donors (Lipinski definition) is 8. The van der Waals surface area contributed by atoms with E-state index in [9.17, 15) is 43.2 Å². The summed E-state index contributed by atoms with van der Waals surface area (Å²) in [5.41, 5.74) is -2.57. The first kappa shape index (κ1) is 70.2. The molecule has 1 aliphatic heterocycles. The lowest BCUT2D eigenvalue weighted by molar-refractivity contribution is -0.144. The molecule has 460 valence electrons. The van der Waals surface area contributed by atoms with Crippen molar-refractivity contribution >= 4 is 58.7 Å². The van der Waals surface area contributed by atoms with Crippen molar-refractivity contribution in [3.8, 4) is 0 Å². The summed E-state index contributed by atoms with van der Waals surface area (Å²) in [4.78, 5) is 130. The fourth-order valence-corrected chi connectivity index (χ4v) is 10.7. The molecule has 9 amide bonds. The Hall–Kier alpha value is -6.11. The molecule has 1 aromatic carbocycles. The summed E-state index contributed by atoms with van der Waals surface area (Å²) in [6.07, 6.45) is 12.7. The summed E-state index contributed by atoms with van der Waals surface area (Å²) in [6, 6.07) is 5.64. The number of likely N-dealkylation sites (N-methyl/N-ethyl adjacent to an activating group) is 1. The first-order valence-corrected chi connectivity index (χ1v) is 30.1. The molecule has 7 atom stereocenters. The van der Waals surface area contributed by atoms with Crippen molar-refractivity contribution in [1.82, 2.24) is 52.3 Å². The third kappa shape index (κ3) is 22.6. The predicted molar refractivity (Wildman–Crippen MR) is 323 cm³/mol. The van der Waals surface area contributed by atoms with Gasteiger partial charge in [0.2, 0.25) is 53.2 Å². The molecule has 19 nitrogen and oxygen atoms in total. The van der Waals surface area contributed by atoms with Crippen LogP contribution >= 0.6 is 0 Å². The van der Waals surface area contributed by atoms with Gasteiger partial charge in [-0.25, -0.2) is 0 Å². The molecule has 82 heavy (non-hydrogen) atoms. The highest BCUT2D eigenvalue weighted by Gasteiger charge is 2.45. The number of fused-ring (bicyclic) bond motifs is 1. The molecular formula is C63H104N10O9. The van der Waals surface area contributed by atoms with Gasteiger partial charge >= 0.3 is 0 Å². The van der Waals surface area contributed by atoms with Gasteiger partial charge in [-0.3, -0.25) is 43.2 Å². The van der Waals surface area contributed by atoms with E-state index in [1.54, 1.807) is 4.90 Å². The second-order valence-electron chi connectivity index (χ2n) is 26.1. The van der Waals surface area contributed by atoms with Crippen molar-refractivity contribution in [3.05, 3.63) is 54.8 Å². The van der Waals surface area contributed by atoms with Gasteiger partial charge in [-0.1, -0.05) is 110 Å². The van der Waals surface area contributed by atoms with E-state index < -0.39 is 82.1 Å². The molecule has 0 spiro atoms. The molecule has 1 fully saturated rings. The molecule has 1 saturated carbocycles. The van der Waals surface area contributed by atoms with Crippen molar-refractivity contribution in [2.24, 2.45) is 29.6 Å². The molecule has 2 aliphatic rings. The summed E-state index contributed by atoms with van der Waals surface area (Å²) < 4.78 is 0. The van der Waals surface area contributed by atoms with E-state index in [0.717, 1.165) is 62.5 Å². The monoisotopic (exact) mass is 1140 g/mol. The first-order chi connectivity index (χ1) is 38.3. The van der Waals surface area contributed by atoms with Gasteiger partial charge in [-0.15, -0.1) is 6.58 Å². The number of carbonyl (C=O) groups excluding carboxylic acids is 9. The third-order valence-corrected chi connectivity index (χ3v) is 15.1. The zero-order valence-electron chi connectivity index (χ0n) is 52.4. The van der Waals surface area contributed by atoms with Crippen LogP contribution in [0.15, 0.2) is 49.2 Å². The minimum Gasteiger partial charge on any atom is -0.354 e. The molecular weight excluding hydrogens is 1040 g/mol. The molecule has 0 bridgehead atoms. The van der Waals surface area contributed by atoms with E-state index in [1.165, 1.54) is 41.5 Å². The van der Waals surface area contributed by atoms with E-state index in [2.05, 4.69) is 49.1 Å². The van der Waals surface area contributed by atoms with Crippen LogP contribution in [-0.2, 0) is 43.2 Å². The molecule has 19 heteroatoms. The van der Waals surface area contributed by atoms with Gasteiger partial charge in [0, 0.05) is 37.7 Å². The molecule has 0 saturated heterocycles. The van der Waals surface area contributed by atoms with Crippen LogP contribution in [0.2, 0.25) is 0 Å². The Morgan fingerprint density at radius 2 is 1.12 bits per heavy atom. The minimum absolute atomic E-state index is 0.0345. The van der Waals surface area contributed by atoms with Gasteiger partial charge in [0.1, 0.15) is 40.8 Å². The van der Waals surface area contributed by atoms with Crippen LogP contribution in [0.5, 0.6) is 0 Å². The molecule has 0 unspecified atom stereocenters. The fourth-order valence-electron chi connectivity index (χ4n) is 10.7. The van der Waals surface area contributed by atoms with Gasteiger partial charge < -0.3 is 52.3 Å². The molecule has 3 rings (SSSR count). The smallest absolute Gasteiger partial charge is 0.246 e. The number of nitrogens with one attached hydrogen (secondary N) is 8. The molecule has 0 aromatic heterocycles. The maximum absolute atomic E-state index is 14.8. The largest absolute Gasteiger partial charge is 0.354 e. The standard InChI is InChI=1S/C63H104N10O9/c1-17-18-19-20-21-25-32-51(73-39-47(44-28-23-22-24-29-44)45-30-26-27-31-46(45)57(73)79)56(78)67-50(37-42(6)7)55(77)69-62(11,12)59(81)68-48(35-40(2)3)53(75)66-49(36-41(4)5)54(76)70-63(13,14)60(82)71-61(9,10)58(80)64-34-33-52(74)65-43(8)38-72(15)16/h17,22-24,28-29,39-43,45-46,48-51H,1,18-21,25-27,30-38H2,2-16H3,(H,64,80)(H,65,74)(H,66,75)(H,67,78)(H,68,81)(H,69,77)(H,70,76)(H,71,82)/t43-,45-,46+,48-,49-,50-,51-/m0/s1. The fraction of sp³-hybridized carbons (Fsp3) is 0.698. The van der Waals surface area contributed by atoms with E-state index in [4.69, 9.17) is 0 Å². The quantitative estimate of drug-likeness (QED) is 0.0278. The Bertz CT molecular complexity index is 2360. The minimum atomic E-state index is -1.61. The van der Waals surface area contributed by atoms with Crippen LogP contribution in [0.4, 0.5) is 0 Å². The highest BCUT2D eigenvalue weighted by atomic mass is 16.2. The van der Waals surface area contributed by atoms with E-state index in [-0.39, 0.29) is 79.7 Å². The molecule has 8 N–H and O–H groups in total. The predicted octanol–water partition coefficient (Wildman–Crippen LogP) is 6.42. The number of hydrogen-bond acceptors (Lipinski definition) is 10. The van der Waals surface area contributed by atoms with Crippen molar-refractivity contribution in [3.63, 3.8) is 0 Å². The highest BCUT2D eigenvalue weighted by molar-refractivity contribution is 6.00. The van der Waals surface area contributed by atoms with E-state index in [1.807, 2.05) is 110 Å². The van der Waals surface area contributed by atoms with Crippen LogP contribution < -0.4 is 42.5 Å². The Kier molecular flexibility index (Phi) is 27.9. The number of allylic oxidation sites excluding steroid dienone is 2. The number of rotatable bonds is 34. The summed E-state index contributed by atoms with van der Waals surface area (Å²) in [5, 5.41) is 22.6. The second kappa shape index (κ2) is 32.7. The van der Waals surface area contributed by atoms with E-state index in [0.29, 0.717) is 19.4 Å². The molecule has 1 aliphatic carbocycles. The lowest BCUT2D eigenvalue weighted by atomic mass is 9.71. The average Bonchev–Trinajstić information content (AvgIpc) is 3.50. The Balaban J connectivity index is 1.79. The van der Waals surface area contributed by atoms with Crippen LogP contribution in [-0.4, -0.2) is 137 Å². The van der Waals surface area contributed by atoms with Gasteiger partial charge in [-0.2, -0.15) is 0 Å². The summed E-state index contributed by atoms with van der Waals surface area (Å²) in [7, 11) is 3.80. The lowest BCUT2D eigenvalue weighted by Crippen LogP contribution is -2.65. The maximum atomic E-state index is 14.8. The molecule has 1 aromatic rings. The summed E-state index contributed by atoms with van der Waals surface area (Å²) >= 11 is 0. The van der Waals surface area contributed by atoms with Gasteiger partial charge in [0.05, 0.1) is 0 Å². The topological polar surface area (TPSA) is 256 Å². The van der Waals surface area contributed by atoms with Crippen LogP contribution in [0.3, 0.4) is 0 Å². The first-order valence-electron chi connectivity index (χ1n) is 30.1. The Morgan fingerprint density at radius 3 is 1.66 bits per heavy atom. The SMILES string of the molecule is C=CCCCCCC[C@@H](C(=O)N[C@@H](CC(C)C)C(=O)NC(C)(C)C(=O)N[C@@H](CC(C)C)C(=O)N[C@@H](CC(C)C)C(=O)NC(C)(C)C(=O)NC(C)(C)C(=O)NCCC(=O)N[C@@H](C)CN(C)C)N1C=C(c2ccccc2)[C@H]2CCCC[C@H]2C1=O. The normalized spacial score (nSPS) is 17.6. The molecule has 0 radical (unpaired) electrons. The molecule has 1 heterocycles. The number of benzene rings is 1. The summed E-state index contributed by atoms with van der Waals surface area (Å²) in [6.45, 7) is 26.8. The highest BCUT2D eigenvalue weighted by Crippen LogP contribution is 2.44.